The molecule has 6 nitrogen and oxygen atoms in total. The van der Waals surface area contributed by atoms with E-state index in [0.29, 0.717) is 22.8 Å². The molecule has 1 aromatic rings. The largest absolute Gasteiger partial charge is 0.463 e. The molecule has 2 amide bonds. The summed E-state index contributed by atoms with van der Waals surface area (Å²) in [6, 6.07) is 7.12. The number of hydrogen-bond donors (Lipinski definition) is 1. The first-order chi connectivity index (χ1) is 13.9. The molecule has 1 aromatic carbocycles. The Morgan fingerprint density at radius 3 is 2.69 bits per heavy atom. The van der Waals surface area contributed by atoms with Gasteiger partial charge in [-0.15, -0.1) is 0 Å². The highest BCUT2D eigenvalue weighted by molar-refractivity contribution is 6.30. The first-order valence-corrected chi connectivity index (χ1v) is 10.5. The Morgan fingerprint density at radius 2 is 2.03 bits per heavy atom. The van der Waals surface area contributed by atoms with Crippen molar-refractivity contribution in [3.05, 3.63) is 46.1 Å². The summed E-state index contributed by atoms with van der Waals surface area (Å²) in [5, 5.41) is 3.37. The van der Waals surface area contributed by atoms with E-state index in [1.165, 1.54) is 4.90 Å². The van der Waals surface area contributed by atoms with E-state index in [4.69, 9.17) is 16.3 Å². The maximum Gasteiger partial charge on any atom is 0.336 e. The lowest BCUT2D eigenvalue weighted by Crippen LogP contribution is -2.44. The number of nitrogens with one attached hydrogen (secondary N) is 1. The molecule has 0 aromatic heterocycles. The van der Waals surface area contributed by atoms with E-state index in [2.05, 4.69) is 12.2 Å². The second kappa shape index (κ2) is 11.0. The van der Waals surface area contributed by atoms with Crippen LogP contribution in [-0.4, -0.2) is 42.4 Å². The number of carbonyl (C=O) groups excluding carboxylic acids is 3. The summed E-state index contributed by atoms with van der Waals surface area (Å²) < 4.78 is 5.25. The number of benzene rings is 1. The van der Waals surface area contributed by atoms with E-state index in [1.54, 1.807) is 32.0 Å². The number of unbranched alkanes of at least 4 members (excludes halogenated alkanes) is 2. The molecule has 7 heteroatoms. The molecule has 1 heterocycles. The van der Waals surface area contributed by atoms with Gasteiger partial charge in [-0.2, -0.15) is 0 Å². The third kappa shape index (κ3) is 6.07. The van der Waals surface area contributed by atoms with Crippen LogP contribution in [0.3, 0.4) is 0 Å². The number of nitrogens with zero attached hydrogens (tertiary/aromatic N) is 1. The van der Waals surface area contributed by atoms with Crippen LogP contribution in [0.2, 0.25) is 5.02 Å². The number of esters is 1. The fourth-order valence-corrected chi connectivity index (χ4v) is 3.69. The Labute approximate surface area is 177 Å². The Bertz CT molecular complexity index is 791. The maximum atomic E-state index is 12.8. The Hall–Kier alpha value is -2.34. The molecule has 1 N–H and O–H groups in total. The summed E-state index contributed by atoms with van der Waals surface area (Å²) in [7, 11) is 0. The molecule has 2 rings (SSSR count). The molecule has 0 fully saturated rings. The zero-order valence-corrected chi connectivity index (χ0v) is 18.1. The van der Waals surface area contributed by atoms with Crippen LogP contribution < -0.4 is 5.32 Å². The predicted octanol–water partition coefficient (Wildman–Crippen LogP) is 3.80. The molecule has 0 radical (unpaired) electrons. The van der Waals surface area contributed by atoms with Crippen LogP contribution in [0.15, 0.2) is 35.5 Å². The van der Waals surface area contributed by atoms with E-state index in [0.717, 1.165) is 24.8 Å². The fourth-order valence-electron chi connectivity index (χ4n) is 3.49. The fraction of sp³-hybridized carbons (Fsp3) is 0.500. The lowest BCUT2D eigenvalue weighted by Gasteiger charge is -2.34. The van der Waals surface area contributed by atoms with Crippen molar-refractivity contribution in [1.82, 2.24) is 10.2 Å². The molecule has 0 unspecified atom stereocenters. The van der Waals surface area contributed by atoms with Gasteiger partial charge in [-0.05, 0) is 38.0 Å². The predicted molar refractivity (Wildman–Crippen MR) is 112 cm³/mol. The third-order valence-corrected chi connectivity index (χ3v) is 5.21. The number of carbonyl (C=O) groups is 3. The number of rotatable bonds is 9. The van der Waals surface area contributed by atoms with Gasteiger partial charge in [-0.1, -0.05) is 43.5 Å². The standard InChI is InChI=1S/C22H29ClN2O4/c1-4-6-7-11-24-19(26)14-25-15(3)21(22(28)29-5-2)18(13-20(25)27)16-9-8-10-17(23)12-16/h8-10,12,18H,4-7,11,13-14H2,1-3H3,(H,24,26)/t18-/m0/s1. The van der Waals surface area contributed by atoms with Crippen molar-refractivity contribution in [3.8, 4) is 0 Å². The van der Waals surface area contributed by atoms with Crippen LogP contribution >= 0.6 is 11.6 Å². The van der Waals surface area contributed by atoms with Crippen LogP contribution in [-0.2, 0) is 19.1 Å². The lowest BCUT2D eigenvalue weighted by atomic mass is 9.83. The molecule has 0 bridgehead atoms. The molecule has 1 aliphatic heterocycles. The first kappa shape index (κ1) is 22.9. The van der Waals surface area contributed by atoms with Crippen LogP contribution in [0.25, 0.3) is 0 Å². The monoisotopic (exact) mass is 420 g/mol. The SMILES string of the molecule is CCCCCNC(=O)CN1C(=O)C[C@@H](c2cccc(Cl)c2)C(C(=O)OCC)=C1C. The average Bonchev–Trinajstić information content (AvgIpc) is 2.68. The molecule has 0 saturated carbocycles. The maximum absolute atomic E-state index is 12.8. The van der Waals surface area contributed by atoms with Crippen LogP contribution in [0, 0.1) is 0 Å². The number of amides is 2. The minimum Gasteiger partial charge on any atom is -0.463 e. The van der Waals surface area contributed by atoms with Crippen molar-refractivity contribution < 1.29 is 19.1 Å². The van der Waals surface area contributed by atoms with Crippen LogP contribution in [0.4, 0.5) is 0 Å². The quantitative estimate of drug-likeness (QED) is 0.487. The van der Waals surface area contributed by atoms with Crippen molar-refractivity contribution in [3.63, 3.8) is 0 Å². The summed E-state index contributed by atoms with van der Waals surface area (Å²) in [4.78, 5) is 39.2. The minimum absolute atomic E-state index is 0.0783. The lowest BCUT2D eigenvalue weighted by molar-refractivity contribution is -0.141. The van der Waals surface area contributed by atoms with Gasteiger partial charge < -0.3 is 15.0 Å². The van der Waals surface area contributed by atoms with E-state index in [-0.39, 0.29) is 31.4 Å². The van der Waals surface area contributed by atoms with E-state index in [9.17, 15) is 14.4 Å². The summed E-state index contributed by atoms with van der Waals surface area (Å²) >= 11 is 6.11. The molecule has 0 spiro atoms. The molecule has 1 atom stereocenters. The highest BCUT2D eigenvalue weighted by Gasteiger charge is 2.37. The van der Waals surface area contributed by atoms with E-state index in [1.807, 2.05) is 6.07 Å². The van der Waals surface area contributed by atoms with Gasteiger partial charge in [0, 0.05) is 29.6 Å². The molecule has 29 heavy (non-hydrogen) atoms. The van der Waals surface area contributed by atoms with Gasteiger partial charge in [0.15, 0.2) is 0 Å². The number of halogens is 1. The van der Waals surface area contributed by atoms with Crippen molar-refractivity contribution in [1.29, 1.82) is 0 Å². The molecular formula is C22H29ClN2O4. The first-order valence-electron chi connectivity index (χ1n) is 10.1. The third-order valence-electron chi connectivity index (χ3n) is 4.97. The number of hydrogen-bond acceptors (Lipinski definition) is 4. The van der Waals surface area contributed by atoms with Crippen LogP contribution in [0.5, 0.6) is 0 Å². The summed E-state index contributed by atoms with van der Waals surface area (Å²) in [5.74, 6) is -1.37. The van der Waals surface area contributed by atoms with Gasteiger partial charge in [0.25, 0.3) is 0 Å². The van der Waals surface area contributed by atoms with Gasteiger partial charge in [0.1, 0.15) is 6.54 Å². The van der Waals surface area contributed by atoms with E-state index < -0.39 is 11.9 Å². The number of allylic oxidation sites excluding steroid dienone is 1. The average molecular weight is 421 g/mol. The van der Waals surface area contributed by atoms with Gasteiger partial charge in [-0.25, -0.2) is 4.79 Å². The zero-order chi connectivity index (χ0) is 21.4. The molecule has 1 aliphatic rings. The second-order valence-corrected chi connectivity index (χ2v) is 7.50. The van der Waals surface area contributed by atoms with Gasteiger partial charge in [0.2, 0.25) is 11.8 Å². The van der Waals surface area contributed by atoms with Crippen LogP contribution in [0.1, 0.15) is 57.9 Å². The van der Waals surface area contributed by atoms with Gasteiger partial charge >= 0.3 is 5.97 Å². The highest BCUT2D eigenvalue weighted by atomic mass is 35.5. The number of ether oxygens (including phenoxy) is 1. The van der Waals surface area contributed by atoms with Crippen molar-refractivity contribution in [2.24, 2.45) is 0 Å². The van der Waals surface area contributed by atoms with Crippen molar-refractivity contribution >= 4 is 29.4 Å². The van der Waals surface area contributed by atoms with Crippen molar-refractivity contribution in [2.75, 3.05) is 19.7 Å². The van der Waals surface area contributed by atoms with Crippen molar-refractivity contribution in [2.45, 2.75) is 52.4 Å². The Kier molecular flexibility index (Phi) is 8.70. The molecule has 0 aliphatic carbocycles. The Balaban J connectivity index is 2.29. The van der Waals surface area contributed by atoms with Gasteiger partial charge in [0.05, 0.1) is 12.2 Å². The highest BCUT2D eigenvalue weighted by Crippen LogP contribution is 2.37. The second-order valence-electron chi connectivity index (χ2n) is 7.07. The molecule has 0 saturated heterocycles. The normalized spacial score (nSPS) is 16.8. The summed E-state index contributed by atoms with van der Waals surface area (Å²) in [6.07, 6.45) is 3.08. The summed E-state index contributed by atoms with van der Waals surface area (Å²) in [6.45, 7) is 6.21. The van der Waals surface area contributed by atoms with E-state index >= 15 is 0 Å². The topological polar surface area (TPSA) is 75.7 Å². The van der Waals surface area contributed by atoms with Gasteiger partial charge in [-0.3, -0.25) is 9.59 Å². The smallest absolute Gasteiger partial charge is 0.336 e. The zero-order valence-electron chi connectivity index (χ0n) is 17.3. The Morgan fingerprint density at radius 1 is 1.28 bits per heavy atom. The molecular weight excluding hydrogens is 392 g/mol. The molecule has 158 valence electrons. The summed E-state index contributed by atoms with van der Waals surface area (Å²) in [5.41, 5.74) is 1.62. The minimum atomic E-state index is -0.476.